The van der Waals surface area contributed by atoms with Gasteiger partial charge in [0.05, 0.1) is 11.3 Å². The molecule has 0 aliphatic heterocycles. The lowest BCUT2D eigenvalue weighted by Gasteiger charge is -2.22. The molecule has 3 N–H and O–H groups in total. The van der Waals surface area contributed by atoms with E-state index in [1.54, 1.807) is 13.2 Å². The van der Waals surface area contributed by atoms with E-state index in [9.17, 15) is 9.18 Å². The Balaban J connectivity index is 2.25. The molecule has 1 amide bonds. The number of hydrogen-bond acceptors (Lipinski definition) is 4. The predicted molar refractivity (Wildman–Crippen MR) is 79.6 cm³/mol. The number of fused-ring (bicyclic) bond motifs is 1. The number of nitrogens with two attached hydrogens (primary N) is 1. The molecule has 1 heterocycles. The Morgan fingerprint density at radius 3 is 2.85 bits per heavy atom. The minimum absolute atomic E-state index is 0.269. The molecular formula is C14H17FN2O2S. The summed E-state index contributed by atoms with van der Waals surface area (Å²) < 4.78 is 19.2. The first-order valence-corrected chi connectivity index (χ1v) is 6.96. The highest BCUT2D eigenvalue weighted by Crippen LogP contribution is 2.33. The summed E-state index contributed by atoms with van der Waals surface area (Å²) in [6.45, 7) is 4.11. The van der Waals surface area contributed by atoms with Crippen LogP contribution in [0.25, 0.3) is 10.1 Å². The van der Waals surface area contributed by atoms with Crippen LogP contribution in [0.5, 0.6) is 0 Å². The topological polar surface area (TPSA) is 64.3 Å². The fourth-order valence-corrected chi connectivity index (χ4v) is 2.72. The maximum Gasteiger partial charge on any atom is 0.263 e. The Morgan fingerprint density at radius 1 is 1.50 bits per heavy atom. The van der Waals surface area contributed by atoms with Crippen molar-refractivity contribution >= 4 is 33.0 Å². The molecule has 0 saturated carbocycles. The van der Waals surface area contributed by atoms with Crippen LogP contribution in [0.1, 0.15) is 23.5 Å². The van der Waals surface area contributed by atoms with E-state index in [4.69, 9.17) is 10.5 Å². The smallest absolute Gasteiger partial charge is 0.263 e. The molecule has 0 saturated heterocycles. The molecule has 0 aliphatic rings. The van der Waals surface area contributed by atoms with Crippen LogP contribution in [-0.4, -0.2) is 25.2 Å². The summed E-state index contributed by atoms with van der Waals surface area (Å²) in [4.78, 5) is 12.6. The van der Waals surface area contributed by atoms with Gasteiger partial charge in [-0.2, -0.15) is 0 Å². The van der Waals surface area contributed by atoms with Gasteiger partial charge in [0.15, 0.2) is 0 Å². The van der Waals surface area contributed by atoms with E-state index >= 15 is 0 Å². The van der Waals surface area contributed by atoms with Gasteiger partial charge < -0.3 is 15.8 Å². The quantitative estimate of drug-likeness (QED) is 0.912. The molecule has 6 heteroatoms. The Bertz CT molecular complexity index is 652. The van der Waals surface area contributed by atoms with Crippen molar-refractivity contribution in [1.82, 2.24) is 5.32 Å². The number of ether oxygens (including phenoxy) is 1. The Hall–Kier alpha value is -1.66. The van der Waals surface area contributed by atoms with Gasteiger partial charge in [0.25, 0.3) is 5.91 Å². The highest BCUT2D eigenvalue weighted by molar-refractivity contribution is 7.21. The van der Waals surface area contributed by atoms with E-state index in [0.29, 0.717) is 22.5 Å². The molecule has 1 aromatic carbocycles. The highest BCUT2D eigenvalue weighted by atomic mass is 32.1. The third-order valence-electron chi connectivity index (χ3n) is 3.12. The van der Waals surface area contributed by atoms with Crippen molar-refractivity contribution in [2.24, 2.45) is 0 Å². The minimum atomic E-state index is -0.451. The van der Waals surface area contributed by atoms with E-state index in [1.165, 1.54) is 23.5 Å². The van der Waals surface area contributed by atoms with Crippen molar-refractivity contribution in [2.75, 3.05) is 19.4 Å². The number of nitrogen functional groups attached to an aromatic ring is 1. The van der Waals surface area contributed by atoms with Crippen LogP contribution in [0.15, 0.2) is 18.2 Å². The number of carbonyl (C=O) groups excluding carboxylic acids is 1. The van der Waals surface area contributed by atoms with Crippen LogP contribution >= 0.6 is 11.3 Å². The van der Waals surface area contributed by atoms with Crippen LogP contribution in [0, 0.1) is 5.82 Å². The highest BCUT2D eigenvalue weighted by Gasteiger charge is 2.21. The van der Waals surface area contributed by atoms with Gasteiger partial charge >= 0.3 is 0 Å². The molecule has 0 aliphatic carbocycles. The molecule has 1 aromatic heterocycles. The number of anilines is 1. The average Bonchev–Trinajstić information content (AvgIpc) is 2.74. The van der Waals surface area contributed by atoms with Crippen molar-refractivity contribution in [1.29, 1.82) is 0 Å². The maximum atomic E-state index is 13.2. The first kappa shape index (κ1) is 14.7. The summed E-state index contributed by atoms with van der Waals surface area (Å²) in [6.07, 6.45) is 0. The van der Waals surface area contributed by atoms with Crippen molar-refractivity contribution in [3.63, 3.8) is 0 Å². The molecule has 0 unspecified atom stereocenters. The van der Waals surface area contributed by atoms with Crippen LogP contribution in [-0.2, 0) is 4.74 Å². The molecule has 4 nitrogen and oxygen atoms in total. The van der Waals surface area contributed by atoms with Crippen LogP contribution < -0.4 is 11.1 Å². The largest absolute Gasteiger partial charge is 0.397 e. The van der Waals surface area contributed by atoms with E-state index < -0.39 is 5.60 Å². The zero-order valence-corrected chi connectivity index (χ0v) is 12.4. The van der Waals surface area contributed by atoms with Gasteiger partial charge in [0.1, 0.15) is 10.7 Å². The number of halogens is 1. The lowest BCUT2D eigenvalue weighted by atomic mass is 10.1. The summed E-state index contributed by atoms with van der Waals surface area (Å²) in [5, 5.41) is 3.35. The molecule has 0 radical (unpaired) electrons. The summed E-state index contributed by atoms with van der Waals surface area (Å²) in [5.41, 5.74) is 5.80. The van der Waals surface area contributed by atoms with Crippen LogP contribution in [0.2, 0.25) is 0 Å². The Morgan fingerprint density at radius 2 is 2.20 bits per heavy atom. The SMILES string of the molecule is COC(C)(C)CNC(=O)c1sc2ccc(F)cc2c1N. The fraction of sp³-hybridized carbons (Fsp3) is 0.357. The monoisotopic (exact) mass is 296 g/mol. The normalized spacial score (nSPS) is 11.8. The number of nitrogens with one attached hydrogen (secondary N) is 1. The molecule has 20 heavy (non-hydrogen) atoms. The standard InChI is InChI=1S/C14H17FN2O2S/c1-14(2,19-3)7-17-13(18)12-11(16)9-6-8(15)4-5-10(9)20-12/h4-6H,7,16H2,1-3H3,(H,17,18). The number of amides is 1. The maximum absolute atomic E-state index is 13.2. The van der Waals surface area contributed by atoms with Gasteiger partial charge in [-0.05, 0) is 32.0 Å². The third kappa shape index (κ3) is 2.91. The van der Waals surface area contributed by atoms with E-state index in [2.05, 4.69) is 5.32 Å². The first-order valence-electron chi connectivity index (χ1n) is 6.15. The molecule has 0 fully saturated rings. The van der Waals surface area contributed by atoms with Crippen molar-refractivity contribution in [2.45, 2.75) is 19.4 Å². The summed E-state index contributed by atoms with van der Waals surface area (Å²) in [5.74, 6) is -0.635. The Kier molecular flexibility index (Phi) is 3.96. The average molecular weight is 296 g/mol. The van der Waals surface area contributed by atoms with E-state index in [0.717, 1.165) is 4.70 Å². The molecule has 108 valence electrons. The van der Waals surface area contributed by atoms with Gasteiger partial charge in [0, 0.05) is 23.7 Å². The molecule has 2 rings (SSSR count). The van der Waals surface area contributed by atoms with Crippen LogP contribution in [0.3, 0.4) is 0 Å². The van der Waals surface area contributed by atoms with Gasteiger partial charge in [-0.1, -0.05) is 0 Å². The first-order chi connectivity index (χ1) is 9.34. The second-order valence-corrected chi connectivity index (χ2v) is 6.18. The second-order valence-electron chi connectivity index (χ2n) is 5.13. The van der Waals surface area contributed by atoms with Gasteiger partial charge in [-0.3, -0.25) is 4.79 Å². The van der Waals surface area contributed by atoms with Gasteiger partial charge in [0.2, 0.25) is 0 Å². The lowest BCUT2D eigenvalue weighted by molar-refractivity contribution is 0.0229. The van der Waals surface area contributed by atoms with Crippen molar-refractivity contribution in [3.05, 3.63) is 28.9 Å². The summed E-state index contributed by atoms with van der Waals surface area (Å²) in [7, 11) is 1.59. The van der Waals surface area contributed by atoms with Crippen molar-refractivity contribution < 1.29 is 13.9 Å². The van der Waals surface area contributed by atoms with Crippen molar-refractivity contribution in [3.8, 4) is 0 Å². The second kappa shape index (κ2) is 5.38. The molecule has 2 aromatic rings. The zero-order valence-electron chi connectivity index (χ0n) is 11.6. The summed E-state index contributed by atoms with van der Waals surface area (Å²) in [6, 6.07) is 4.33. The number of thiophene rings is 1. The molecule has 0 bridgehead atoms. The number of carbonyl (C=O) groups is 1. The Labute approximate surface area is 120 Å². The lowest BCUT2D eigenvalue weighted by Crippen LogP contribution is -2.39. The fourth-order valence-electron chi connectivity index (χ4n) is 1.70. The third-order valence-corrected chi connectivity index (χ3v) is 4.31. The molecule has 0 spiro atoms. The van der Waals surface area contributed by atoms with Gasteiger partial charge in [-0.25, -0.2) is 4.39 Å². The molecule has 0 atom stereocenters. The summed E-state index contributed by atoms with van der Waals surface area (Å²) >= 11 is 1.25. The van der Waals surface area contributed by atoms with Crippen LogP contribution in [0.4, 0.5) is 10.1 Å². The zero-order chi connectivity index (χ0) is 14.9. The number of methoxy groups -OCH3 is 1. The van der Waals surface area contributed by atoms with E-state index in [1.807, 2.05) is 13.8 Å². The number of rotatable bonds is 4. The minimum Gasteiger partial charge on any atom is -0.397 e. The van der Waals surface area contributed by atoms with Gasteiger partial charge in [-0.15, -0.1) is 11.3 Å². The number of benzene rings is 1. The molecular weight excluding hydrogens is 279 g/mol. The number of hydrogen-bond donors (Lipinski definition) is 2. The predicted octanol–water partition coefficient (Wildman–Crippen LogP) is 2.78. The van der Waals surface area contributed by atoms with E-state index in [-0.39, 0.29) is 11.7 Å².